The lowest BCUT2D eigenvalue weighted by Crippen LogP contribution is -2.35. The van der Waals surface area contributed by atoms with Crippen LogP contribution >= 0.6 is 0 Å². The average molecular weight is 214 g/mol. The van der Waals surface area contributed by atoms with E-state index >= 15 is 0 Å². The molecule has 0 spiro atoms. The maximum Gasteiger partial charge on any atom is 0.0710 e. The van der Waals surface area contributed by atoms with Gasteiger partial charge in [-0.15, -0.1) is 0 Å². The zero-order chi connectivity index (χ0) is 11.3. The molecular weight excluding hydrogens is 188 g/mol. The maximum absolute atomic E-state index is 5.99. The van der Waals surface area contributed by atoms with Crippen molar-refractivity contribution in [2.45, 2.75) is 51.7 Å². The molecule has 1 atom stereocenters. The van der Waals surface area contributed by atoms with Crippen LogP contribution in [0, 0.1) is 0 Å². The van der Waals surface area contributed by atoms with Crippen molar-refractivity contribution >= 4 is 0 Å². The van der Waals surface area contributed by atoms with Crippen molar-refractivity contribution in [3.8, 4) is 0 Å². The number of likely N-dealkylation sites (N-methyl/N-ethyl adjacent to an activating group) is 1. The summed E-state index contributed by atoms with van der Waals surface area (Å²) in [7, 11) is 0. The van der Waals surface area contributed by atoms with Crippen LogP contribution in [0.2, 0.25) is 0 Å². The molecular formula is C12H26N2O. The number of nitrogens with zero attached hydrogens (tertiary/aromatic N) is 1. The molecule has 3 heteroatoms. The lowest BCUT2D eigenvalue weighted by molar-refractivity contribution is -0.0281. The highest BCUT2D eigenvalue weighted by Gasteiger charge is 2.32. The van der Waals surface area contributed by atoms with Gasteiger partial charge in [-0.2, -0.15) is 0 Å². The third-order valence-electron chi connectivity index (χ3n) is 3.14. The van der Waals surface area contributed by atoms with Gasteiger partial charge in [-0.1, -0.05) is 6.92 Å². The van der Waals surface area contributed by atoms with Crippen molar-refractivity contribution in [3.63, 3.8) is 0 Å². The summed E-state index contributed by atoms with van der Waals surface area (Å²) >= 11 is 0. The fraction of sp³-hybridized carbons (Fsp3) is 1.00. The van der Waals surface area contributed by atoms with Crippen LogP contribution in [0.4, 0.5) is 0 Å². The second-order valence-electron chi connectivity index (χ2n) is 5.07. The molecule has 90 valence electrons. The minimum atomic E-state index is 0.0952. The first kappa shape index (κ1) is 12.9. The molecule has 0 bridgehead atoms. The predicted molar refractivity (Wildman–Crippen MR) is 64.0 cm³/mol. The van der Waals surface area contributed by atoms with E-state index in [9.17, 15) is 0 Å². The molecule has 0 aromatic rings. The van der Waals surface area contributed by atoms with Gasteiger partial charge in [0.2, 0.25) is 0 Å². The van der Waals surface area contributed by atoms with Crippen molar-refractivity contribution in [1.29, 1.82) is 0 Å². The number of hydrogen-bond acceptors (Lipinski definition) is 3. The Balaban J connectivity index is 2.27. The molecule has 0 radical (unpaired) electrons. The first-order chi connectivity index (χ1) is 7.07. The van der Waals surface area contributed by atoms with Gasteiger partial charge in [-0.05, 0) is 52.7 Å². The summed E-state index contributed by atoms with van der Waals surface area (Å²) in [6.07, 6.45) is 3.90. The average Bonchev–Trinajstić information content (AvgIpc) is 2.52. The second kappa shape index (κ2) is 5.83. The topological polar surface area (TPSA) is 38.5 Å². The summed E-state index contributed by atoms with van der Waals surface area (Å²) < 4.78 is 5.99. The van der Waals surface area contributed by atoms with Gasteiger partial charge in [0, 0.05) is 6.54 Å². The van der Waals surface area contributed by atoms with Crippen LogP contribution in [0.25, 0.3) is 0 Å². The highest BCUT2D eigenvalue weighted by molar-refractivity contribution is 4.82. The Hall–Kier alpha value is -0.120. The molecule has 0 aromatic carbocycles. The minimum absolute atomic E-state index is 0.0952. The first-order valence-electron chi connectivity index (χ1n) is 6.17. The van der Waals surface area contributed by atoms with E-state index in [-0.39, 0.29) is 5.60 Å². The smallest absolute Gasteiger partial charge is 0.0710 e. The zero-order valence-electron chi connectivity index (χ0n) is 10.5. The second-order valence-corrected chi connectivity index (χ2v) is 5.07. The summed E-state index contributed by atoms with van der Waals surface area (Å²) in [6, 6.07) is 0. The lowest BCUT2D eigenvalue weighted by atomic mass is 10.1. The van der Waals surface area contributed by atoms with Crippen LogP contribution in [0.1, 0.15) is 40.0 Å². The van der Waals surface area contributed by atoms with Crippen LogP contribution in [0.3, 0.4) is 0 Å². The standard InChI is InChI=1S/C12H26N2O/c1-4-14(9-5-8-13)10-11-6-7-12(2,3)15-11/h11H,4-10,13H2,1-3H3. The van der Waals surface area contributed by atoms with Gasteiger partial charge in [-0.25, -0.2) is 0 Å². The summed E-state index contributed by atoms with van der Waals surface area (Å²) in [5, 5.41) is 0. The molecule has 0 amide bonds. The number of rotatable bonds is 6. The zero-order valence-corrected chi connectivity index (χ0v) is 10.5. The lowest BCUT2D eigenvalue weighted by Gasteiger charge is -2.25. The van der Waals surface area contributed by atoms with Crippen LogP contribution in [0.15, 0.2) is 0 Å². The molecule has 1 fully saturated rings. The Morgan fingerprint density at radius 3 is 2.67 bits per heavy atom. The monoisotopic (exact) mass is 214 g/mol. The summed E-state index contributed by atoms with van der Waals surface area (Å²) in [6.45, 7) is 10.6. The molecule has 1 aliphatic rings. The van der Waals surface area contributed by atoms with E-state index < -0.39 is 0 Å². The number of ether oxygens (including phenoxy) is 1. The van der Waals surface area contributed by atoms with Crippen LogP contribution in [-0.4, -0.2) is 42.8 Å². The fourth-order valence-corrected chi connectivity index (χ4v) is 2.19. The fourth-order valence-electron chi connectivity index (χ4n) is 2.19. The molecule has 1 unspecified atom stereocenters. The predicted octanol–water partition coefficient (Wildman–Crippen LogP) is 1.61. The van der Waals surface area contributed by atoms with E-state index in [1.165, 1.54) is 12.8 Å². The van der Waals surface area contributed by atoms with E-state index in [0.717, 1.165) is 32.6 Å². The largest absolute Gasteiger partial charge is 0.371 e. The van der Waals surface area contributed by atoms with Crippen LogP contribution < -0.4 is 5.73 Å². The van der Waals surface area contributed by atoms with Gasteiger partial charge in [-0.3, -0.25) is 0 Å². The molecule has 2 N–H and O–H groups in total. The normalized spacial score (nSPS) is 25.0. The summed E-state index contributed by atoms with van der Waals surface area (Å²) in [5.74, 6) is 0. The third kappa shape index (κ3) is 4.49. The van der Waals surface area contributed by atoms with Crippen molar-refractivity contribution in [2.75, 3.05) is 26.2 Å². The maximum atomic E-state index is 5.99. The van der Waals surface area contributed by atoms with Crippen molar-refractivity contribution < 1.29 is 4.74 Å². The Bertz CT molecular complexity index is 182. The summed E-state index contributed by atoms with van der Waals surface area (Å²) in [5.41, 5.74) is 5.62. The van der Waals surface area contributed by atoms with E-state index in [0.29, 0.717) is 6.10 Å². The van der Waals surface area contributed by atoms with E-state index in [2.05, 4.69) is 25.7 Å². The molecule has 15 heavy (non-hydrogen) atoms. The molecule has 1 rings (SSSR count). The SMILES string of the molecule is CCN(CCCN)CC1CCC(C)(C)O1. The van der Waals surface area contributed by atoms with Gasteiger partial charge in [0.25, 0.3) is 0 Å². The van der Waals surface area contributed by atoms with E-state index in [1.807, 2.05) is 0 Å². The van der Waals surface area contributed by atoms with Crippen molar-refractivity contribution in [1.82, 2.24) is 4.90 Å². The Morgan fingerprint density at radius 1 is 1.47 bits per heavy atom. The van der Waals surface area contributed by atoms with Gasteiger partial charge in [0.1, 0.15) is 0 Å². The quantitative estimate of drug-likeness (QED) is 0.730. The van der Waals surface area contributed by atoms with Gasteiger partial charge in [0.15, 0.2) is 0 Å². The first-order valence-corrected chi connectivity index (χ1v) is 6.17. The molecule has 1 aliphatic heterocycles. The highest BCUT2D eigenvalue weighted by atomic mass is 16.5. The number of nitrogens with two attached hydrogens (primary N) is 1. The molecule has 0 aromatic heterocycles. The third-order valence-corrected chi connectivity index (χ3v) is 3.14. The van der Waals surface area contributed by atoms with Crippen LogP contribution in [0.5, 0.6) is 0 Å². The molecule has 3 nitrogen and oxygen atoms in total. The molecule has 0 saturated carbocycles. The van der Waals surface area contributed by atoms with Gasteiger partial charge < -0.3 is 15.4 Å². The van der Waals surface area contributed by atoms with Gasteiger partial charge >= 0.3 is 0 Å². The Morgan fingerprint density at radius 2 is 2.20 bits per heavy atom. The highest BCUT2D eigenvalue weighted by Crippen LogP contribution is 2.29. The van der Waals surface area contributed by atoms with E-state index in [1.54, 1.807) is 0 Å². The number of hydrogen-bond donors (Lipinski definition) is 1. The molecule has 0 aliphatic carbocycles. The van der Waals surface area contributed by atoms with Gasteiger partial charge in [0.05, 0.1) is 11.7 Å². The van der Waals surface area contributed by atoms with Crippen molar-refractivity contribution in [3.05, 3.63) is 0 Å². The summed E-state index contributed by atoms with van der Waals surface area (Å²) in [4.78, 5) is 2.44. The Labute approximate surface area is 94.0 Å². The molecule has 1 heterocycles. The van der Waals surface area contributed by atoms with Crippen LogP contribution in [-0.2, 0) is 4.74 Å². The molecule has 1 saturated heterocycles. The minimum Gasteiger partial charge on any atom is -0.371 e. The van der Waals surface area contributed by atoms with E-state index in [4.69, 9.17) is 10.5 Å². The van der Waals surface area contributed by atoms with Crippen molar-refractivity contribution in [2.24, 2.45) is 5.73 Å². The Kier molecular flexibility index (Phi) is 5.03.